The van der Waals surface area contributed by atoms with Crippen LogP contribution in [0.5, 0.6) is 0 Å². The fourth-order valence-electron chi connectivity index (χ4n) is 14.0. The molecule has 88 heavy (non-hydrogen) atoms. The quantitative estimate of drug-likeness (QED) is 0.140. The average molecular weight is 1130 g/mol. The van der Waals surface area contributed by atoms with Crippen molar-refractivity contribution in [3.05, 3.63) is 332 Å². The normalized spacial score (nSPS) is 13.9. The Morgan fingerprint density at radius 3 is 1.62 bits per heavy atom. The summed E-state index contributed by atoms with van der Waals surface area (Å²) in [4.78, 5) is 7.83. The van der Waals surface area contributed by atoms with Crippen LogP contribution in [-0.2, 0) is 6.42 Å². The molecule has 3 heterocycles. The van der Waals surface area contributed by atoms with E-state index in [9.17, 15) is 0 Å². The molecule has 13 aromatic carbocycles. The molecule has 2 aliphatic rings. The summed E-state index contributed by atoms with van der Waals surface area (Å²) in [6.45, 7) is 0. The van der Waals surface area contributed by atoms with Crippen molar-refractivity contribution in [2.75, 3.05) is 10.2 Å². The highest BCUT2D eigenvalue weighted by Crippen LogP contribution is 2.45. The van der Waals surface area contributed by atoms with Gasteiger partial charge in [0.15, 0.2) is 0 Å². The number of benzene rings is 13. The topological polar surface area (TPSA) is 37.5 Å². The predicted octanol–water partition coefficient (Wildman–Crippen LogP) is 22.1. The van der Waals surface area contributed by atoms with Gasteiger partial charge in [0.05, 0.1) is 45.2 Å². The second-order valence-electron chi connectivity index (χ2n) is 23.4. The standard InChI is InChI=1S/C83H59N5/c1-4-22-63(23-5-1)86(67-45-49-81-75(54-67)74-53-62(71-31-17-21-58-19-11-13-29-69(58)71)42-48-80(74)88(81)65-26-8-3-9-27-65)66-43-39-60(40-44-66)83-82(84-76-32-14-15-33-77(76)85-83)59-37-34-55(35-38-59)50-56-36-46-78-72(51-56)73-52-61(70-30-16-20-57-18-10-12-28-68(57)70)41-47-79(73)87(78)64-24-6-2-7-25-64/h1-8,10-26,28-49,51-54,83,85H,9,27,50H2. The number of para-hydroxylation sites is 4. The van der Waals surface area contributed by atoms with E-state index in [2.05, 4.69) is 329 Å². The zero-order valence-electron chi connectivity index (χ0n) is 48.4. The molecule has 2 aromatic heterocycles. The van der Waals surface area contributed by atoms with Crippen LogP contribution in [0.1, 0.15) is 41.1 Å². The summed E-state index contributed by atoms with van der Waals surface area (Å²) in [6, 6.07) is 107. The van der Waals surface area contributed by atoms with Gasteiger partial charge in [0.25, 0.3) is 0 Å². The number of allylic oxidation sites excluding steroid dienone is 4. The first-order valence-electron chi connectivity index (χ1n) is 30.6. The lowest BCUT2D eigenvalue weighted by Gasteiger charge is -2.29. The third kappa shape index (κ3) is 8.89. The van der Waals surface area contributed by atoms with E-state index in [1.807, 2.05) is 0 Å². The van der Waals surface area contributed by atoms with Crippen molar-refractivity contribution >= 4 is 105 Å². The Morgan fingerprint density at radius 2 is 0.943 bits per heavy atom. The van der Waals surface area contributed by atoms with Crippen molar-refractivity contribution in [2.45, 2.75) is 25.3 Å². The molecule has 1 atom stereocenters. The van der Waals surface area contributed by atoms with Gasteiger partial charge in [-0.05, 0) is 195 Å². The number of fused-ring (bicyclic) bond motifs is 9. The molecule has 0 fully saturated rings. The minimum absolute atomic E-state index is 0.189. The molecule has 0 radical (unpaired) electrons. The second-order valence-corrected chi connectivity index (χ2v) is 23.4. The number of rotatable bonds is 11. The minimum atomic E-state index is -0.189. The minimum Gasteiger partial charge on any atom is -0.371 e. The van der Waals surface area contributed by atoms with Gasteiger partial charge >= 0.3 is 0 Å². The van der Waals surface area contributed by atoms with Crippen LogP contribution in [0, 0.1) is 0 Å². The van der Waals surface area contributed by atoms with E-state index >= 15 is 0 Å². The van der Waals surface area contributed by atoms with Crippen LogP contribution in [-0.4, -0.2) is 14.8 Å². The van der Waals surface area contributed by atoms with Crippen LogP contribution < -0.4 is 10.2 Å². The Bertz CT molecular complexity index is 5310. The summed E-state index contributed by atoms with van der Waals surface area (Å²) >= 11 is 0. The van der Waals surface area contributed by atoms with Crippen molar-refractivity contribution in [3.8, 4) is 27.9 Å². The molecule has 0 amide bonds. The molecule has 0 bridgehead atoms. The Balaban J connectivity index is 0.710. The van der Waals surface area contributed by atoms with E-state index in [1.165, 1.54) is 104 Å². The van der Waals surface area contributed by atoms with E-state index in [0.717, 1.165) is 70.2 Å². The zero-order valence-corrected chi connectivity index (χ0v) is 48.4. The largest absolute Gasteiger partial charge is 0.371 e. The molecular weight excluding hydrogens is 1070 g/mol. The van der Waals surface area contributed by atoms with Crippen LogP contribution >= 0.6 is 0 Å². The Morgan fingerprint density at radius 1 is 0.409 bits per heavy atom. The van der Waals surface area contributed by atoms with Gasteiger partial charge in [-0.2, -0.15) is 0 Å². The molecule has 1 N–H and O–H groups in total. The molecule has 17 rings (SSSR count). The fourth-order valence-corrected chi connectivity index (χ4v) is 14.0. The van der Waals surface area contributed by atoms with Gasteiger partial charge in [-0.25, -0.2) is 4.99 Å². The third-order valence-electron chi connectivity index (χ3n) is 18.2. The number of nitrogens with one attached hydrogen (secondary N) is 1. The van der Waals surface area contributed by atoms with Gasteiger partial charge in [0, 0.05) is 50.0 Å². The molecule has 0 saturated heterocycles. The first-order valence-corrected chi connectivity index (χ1v) is 30.6. The lowest BCUT2D eigenvalue weighted by Crippen LogP contribution is -2.25. The van der Waals surface area contributed by atoms with E-state index in [-0.39, 0.29) is 6.04 Å². The van der Waals surface area contributed by atoms with Gasteiger partial charge in [-0.15, -0.1) is 0 Å². The second kappa shape index (κ2) is 21.4. The van der Waals surface area contributed by atoms with Crippen LogP contribution in [0.15, 0.2) is 314 Å². The summed E-state index contributed by atoms with van der Waals surface area (Å²) in [5.41, 5.74) is 23.1. The van der Waals surface area contributed by atoms with Crippen molar-refractivity contribution in [1.29, 1.82) is 0 Å². The maximum atomic E-state index is 5.44. The first kappa shape index (κ1) is 51.2. The fraction of sp³-hybridized carbons (Fsp3) is 0.0482. The third-order valence-corrected chi connectivity index (χ3v) is 18.2. The van der Waals surface area contributed by atoms with E-state index in [1.54, 1.807) is 0 Å². The highest BCUT2D eigenvalue weighted by molar-refractivity contribution is 6.15. The van der Waals surface area contributed by atoms with Crippen LogP contribution in [0.4, 0.5) is 28.4 Å². The molecule has 416 valence electrons. The van der Waals surface area contributed by atoms with Crippen molar-refractivity contribution in [3.63, 3.8) is 0 Å². The molecule has 15 aromatic rings. The summed E-state index contributed by atoms with van der Waals surface area (Å²) in [5.74, 6) is 0. The first-order chi connectivity index (χ1) is 43.6. The molecule has 1 aliphatic heterocycles. The number of aliphatic imine (C=N–C) groups is 1. The summed E-state index contributed by atoms with van der Waals surface area (Å²) < 4.78 is 4.90. The van der Waals surface area contributed by atoms with Crippen molar-refractivity contribution in [1.82, 2.24) is 9.13 Å². The molecule has 5 nitrogen and oxygen atoms in total. The van der Waals surface area contributed by atoms with Gasteiger partial charge in [-0.3, -0.25) is 0 Å². The number of anilines is 4. The molecule has 0 spiro atoms. The Labute approximate surface area is 511 Å². The molecule has 5 heteroatoms. The predicted molar refractivity (Wildman–Crippen MR) is 372 cm³/mol. The molecule has 1 unspecified atom stereocenters. The van der Waals surface area contributed by atoms with E-state index in [4.69, 9.17) is 4.99 Å². The maximum absolute atomic E-state index is 5.44. The van der Waals surface area contributed by atoms with Gasteiger partial charge in [0.1, 0.15) is 0 Å². The van der Waals surface area contributed by atoms with Crippen LogP contribution in [0.25, 0.3) is 98.8 Å². The lowest BCUT2D eigenvalue weighted by molar-refractivity contribution is 0.979. The summed E-state index contributed by atoms with van der Waals surface area (Å²) in [6.07, 6.45) is 9.57. The number of aromatic nitrogens is 2. The van der Waals surface area contributed by atoms with Crippen LogP contribution in [0.2, 0.25) is 0 Å². The van der Waals surface area contributed by atoms with E-state index < -0.39 is 0 Å². The van der Waals surface area contributed by atoms with Gasteiger partial charge < -0.3 is 19.4 Å². The number of nitrogens with zero attached hydrogens (tertiary/aromatic N) is 4. The highest BCUT2D eigenvalue weighted by atomic mass is 15.1. The zero-order chi connectivity index (χ0) is 58.1. The number of hydrogen-bond donors (Lipinski definition) is 1. The van der Waals surface area contributed by atoms with Crippen molar-refractivity contribution in [2.24, 2.45) is 4.99 Å². The number of hydrogen-bond acceptors (Lipinski definition) is 3. The van der Waals surface area contributed by atoms with Crippen molar-refractivity contribution < 1.29 is 0 Å². The summed E-state index contributed by atoms with van der Waals surface area (Å²) in [7, 11) is 0. The molecule has 0 saturated carbocycles. The monoisotopic (exact) mass is 1130 g/mol. The van der Waals surface area contributed by atoms with Gasteiger partial charge in [-0.1, -0.05) is 200 Å². The SMILES string of the molecule is C1=CCCC(n2c3ccc(-c4cccc5ccccc45)cc3c3cc(N(c4ccccc4)c4ccc(C5Nc6ccccc6N=C5c5ccc(Cc6ccc7c(c6)c6cc(-c8cccc9ccccc89)ccc6n7-c6ccccc6)cc5)cc4)ccc32)=C1. The molecule has 1 aliphatic carbocycles. The highest BCUT2D eigenvalue weighted by Gasteiger charge is 2.27. The lowest BCUT2D eigenvalue weighted by atomic mass is 9.92. The average Bonchev–Trinajstić information content (AvgIpc) is 1.94. The molecular formula is C83H59N5. The van der Waals surface area contributed by atoms with Gasteiger partial charge in [0.2, 0.25) is 0 Å². The van der Waals surface area contributed by atoms with E-state index in [0.29, 0.717) is 0 Å². The van der Waals surface area contributed by atoms with Crippen LogP contribution in [0.3, 0.4) is 0 Å². The maximum Gasteiger partial charge on any atom is 0.0947 e. The summed E-state index contributed by atoms with van der Waals surface area (Å²) in [5, 5.41) is 13.9. The Kier molecular flexibility index (Phi) is 12.4. The Hall–Kier alpha value is -11.3. The smallest absolute Gasteiger partial charge is 0.0947 e.